The number of furan rings is 1. The molecule has 0 atom stereocenters. The lowest BCUT2D eigenvalue weighted by Gasteiger charge is -2.27. The number of aromatic nitrogens is 2. The Morgan fingerprint density at radius 2 is 2.15 bits per heavy atom. The second-order valence-electron chi connectivity index (χ2n) is 5.80. The summed E-state index contributed by atoms with van der Waals surface area (Å²) in [6.45, 7) is 2.42. The average molecular weight is 387 g/mol. The maximum atomic E-state index is 12.2. The maximum Gasteiger partial charge on any atom is 0.271 e. The Labute approximate surface area is 159 Å². The van der Waals surface area contributed by atoms with Crippen LogP contribution >= 0.6 is 23.1 Å². The van der Waals surface area contributed by atoms with Gasteiger partial charge in [-0.2, -0.15) is 11.8 Å². The van der Waals surface area contributed by atoms with Crippen LogP contribution in [0.4, 0.5) is 5.82 Å². The topological polar surface area (TPSA) is 71.3 Å². The molecule has 0 bridgehead atoms. The van der Waals surface area contributed by atoms with E-state index in [2.05, 4.69) is 20.2 Å². The molecule has 0 aliphatic carbocycles. The minimum atomic E-state index is -0.209. The van der Waals surface area contributed by atoms with Gasteiger partial charge in [-0.25, -0.2) is 9.97 Å². The molecule has 1 aliphatic heterocycles. The monoisotopic (exact) mass is 386 g/mol. The number of rotatable bonds is 5. The van der Waals surface area contributed by atoms with Gasteiger partial charge in [-0.05, 0) is 24.3 Å². The van der Waals surface area contributed by atoms with Crippen molar-refractivity contribution in [1.29, 1.82) is 0 Å². The molecule has 4 rings (SSSR count). The number of thioether (sulfide) groups is 1. The van der Waals surface area contributed by atoms with Crippen molar-refractivity contribution in [1.82, 2.24) is 15.3 Å². The molecule has 0 unspecified atom stereocenters. The summed E-state index contributed by atoms with van der Waals surface area (Å²) in [6.07, 6.45) is 3.42. The maximum absolute atomic E-state index is 12.2. The van der Waals surface area contributed by atoms with Crippen LogP contribution in [0.2, 0.25) is 0 Å². The van der Waals surface area contributed by atoms with Crippen molar-refractivity contribution in [3.63, 3.8) is 0 Å². The van der Waals surface area contributed by atoms with Crippen LogP contribution in [0.3, 0.4) is 0 Å². The van der Waals surface area contributed by atoms with Crippen LogP contribution in [0, 0.1) is 0 Å². The summed E-state index contributed by atoms with van der Waals surface area (Å²) in [4.78, 5) is 23.5. The van der Waals surface area contributed by atoms with Crippen LogP contribution in [0.1, 0.15) is 16.2 Å². The predicted octanol–water partition coefficient (Wildman–Crippen LogP) is 3.28. The Hall–Kier alpha value is -2.32. The fourth-order valence-electron chi connectivity index (χ4n) is 2.67. The molecule has 1 N–H and O–H groups in total. The van der Waals surface area contributed by atoms with E-state index >= 15 is 0 Å². The molecular formula is C18H18N4O2S2. The third-order valence-corrected chi connectivity index (χ3v) is 5.90. The van der Waals surface area contributed by atoms with Gasteiger partial charge in [0.2, 0.25) is 0 Å². The van der Waals surface area contributed by atoms with Crippen molar-refractivity contribution < 1.29 is 9.21 Å². The zero-order valence-electron chi connectivity index (χ0n) is 14.1. The van der Waals surface area contributed by atoms with E-state index in [0.717, 1.165) is 41.0 Å². The van der Waals surface area contributed by atoms with Crippen molar-refractivity contribution in [3.8, 4) is 10.6 Å². The Bertz CT molecular complexity index is 856. The first-order chi connectivity index (χ1) is 12.8. The Balaban J connectivity index is 1.41. The largest absolute Gasteiger partial charge is 0.467 e. The number of hydrogen-bond acceptors (Lipinski definition) is 7. The van der Waals surface area contributed by atoms with Crippen molar-refractivity contribution in [2.75, 3.05) is 29.5 Å². The number of nitrogens with one attached hydrogen (secondary N) is 1. The highest BCUT2D eigenvalue weighted by atomic mass is 32.2. The van der Waals surface area contributed by atoms with Gasteiger partial charge in [0, 0.05) is 41.7 Å². The summed E-state index contributed by atoms with van der Waals surface area (Å²) in [7, 11) is 0. The molecule has 0 saturated carbocycles. The van der Waals surface area contributed by atoms with Gasteiger partial charge in [-0.15, -0.1) is 11.3 Å². The third kappa shape index (κ3) is 3.91. The normalized spacial score (nSPS) is 14.4. The van der Waals surface area contributed by atoms with E-state index < -0.39 is 0 Å². The molecular weight excluding hydrogens is 368 g/mol. The summed E-state index contributed by atoms with van der Waals surface area (Å²) in [5.41, 5.74) is 1.34. The van der Waals surface area contributed by atoms with Gasteiger partial charge in [0.05, 0.1) is 12.8 Å². The van der Waals surface area contributed by atoms with Crippen molar-refractivity contribution in [2.45, 2.75) is 6.54 Å². The van der Waals surface area contributed by atoms with Crippen LogP contribution in [-0.4, -0.2) is 40.5 Å². The highest BCUT2D eigenvalue weighted by molar-refractivity contribution is 7.99. The molecule has 0 radical (unpaired) electrons. The molecule has 1 amide bonds. The molecule has 26 heavy (non-hydrogen) atoms. The van der Waals surface area contributed by atoms with E-state index in [1.807, 2.05) is 36.2 Å². The van der Waals surface area contributed by atoms with Gasteiger partial charge in [0.15, 0.2) is 0 Å². The molecule has 3 aromatic heterocycles. The summed E-state index contributed by atoms with van der Waals surface area (Å²) < 4.78 is 5.21. The number of hydrogen-bond donors (Lipinski definition) is 1. The number of thiazole rings is 1. The molecule has 134 valence electrons. The Kier molecular flexibility index (Phi) is 5.21. The van der Waals surface area contributed by atoms with Crippen molar-refractivity contribution in [3.05, 3.63) is 53.6 Å². The number of carbonyl (C=O) groups is 1. The smallest absolute Gasteiger partial charge is 0.271 e. The number of carbonyl (C=O) groups excluding carboxylic acids is 1. The predicted molar refractivity (Wildman–Crippen MR) is 105 cm³/mol. The number of pyridine rings is 1. The average Bonchev–Trinajstić information content (AvgIpc) is 3.39. The van der Waals surface area contributed by atoms with Crippen LogP contribution < -0.4 is 10.2 Å². The van der Waals surface area contributed by atoms with Crippen LogP contribution in [0.5, 0.6) is 0 Å². The van der Waals surface area contributed by atoms with Crippen LogP contribution in [-0.2, 0) is 6.54 Å². The van der Waals surface area contributed by atoms with Gasteiger partial charge in [-0.3, -0.25) is 4.79 Å². The first kappa shape index (κ1) is 17.1. The van der Waals surface area contributed by atoms with Crippen LogP contribution in [0.25, 0.3) is 10.6 Å². The highest BCUT2D eigenvalue weighted by Crippen LogP contribution is 2.25. The van der Waals surface area contributed by atoms with Crippen molar-refractivity contribution in [2.24, 2.45) is 0 Å². The quantitative estimate of drug-likeness (QED) is 0.726. The lowest BCUT2D eigenvalue weighted by atomic mass is 10.3. The van der Waals surface area contributed by atoms with Gasteiger partial charge in [0.1, 0.15) is 22.3 Å². The number of anilines is 1. The molecule has 1 fully saturated rings. The van der Waals surface area contributed by atoms with E-state index in [9.17, 15) is 4.79 Å². The summed E-state index contributed by atoms with van der Waals surface area (Å²) in [5.74, 6) is 3.80. The number of nitrogens with zero attached hydrogens (tertiary/aromatic N) is 3. The van der Waals surface area contributed by atoms with E-state index in [-0.39, 0.29) is 5.91 Å². The Morgan fingerprint density at radius 1 is 1.27 bits per heavy atom. The molecule has 0 aromatic carbocycles. The minimum Gasteiger partial charge on any atom is -0.467 e. The third-order valence-electron chi connectivity index (χ3n) is 4.07. The Morgan fingerprint density at radius 3 is 2.88 bits per heavy atom. The van der Waals surface area contributed by atoms with Gasteiger partial charge in [-0.1, -0.05) is 0 Å². The molecule has 4 heterocycles. The number of amides is 1. The van der Waals surface area contributed by atoms with E-state index in [1.165, 1.54) is 11.3 Å². The lowest BCUT2D eigenvalue weighted by molar-refractivity contribution is 0.0944. The molecule has 3 aromatic rings. The lowest BCUT2D eigenvalue weighted by Crippen LogP contribution is -2.32. The zero-order chi connectivity index (χ0) is 17.8. The van der Waals surface area contributed by atoms with Gasteiger partial charge in [0.25, 0.3) is 5.91 Å². The zero-order valence-corrected chi connectivity index (χ0v) is 15.7. The van der Waals surface area contributed by atoms with Gasteiger partial charge >= 0.3 is 0 Å². The van der Waals surface area contributed by atoms with Crippen LogP contribution in [0.15, 0.2) is 46.5 Å². The molecule has 0 spiro atoms. The molecule has 1 saturated heterocycles. The minimum absolute atomic E-state index is 0.209. The first-order valence-electron chi connectivity index (χ1n) is 8.35. The fraction of sp³-hybridized carbons (Fsp3) is 0.278. The highest BCUT2D eigenvalue weighted by Gasteiger charge is 2.15. The fourth-order valence-corrected chi connectivity index (χ4v) is 4.37. The van der Waals surface area contributed by atoms with Crippen molar-refractivity contribution >= 4 is 34.8 Å². The summed E-state index contributed by atoms with van der Waals surface area (Å²) >= 11 is 3.42. The second-order valence-corrected chi connectivity index (χ2v) is 7.89. The second kappa shape index (κ2) is 7.92. The van der Waals surface area contributed by atoms with E-state index in [1.54, 1.807) is 17.7 Å². The summed E-state index contributed by atoms with van der Waals surface area (Å²) in [5, 5.41) is 5.36. The molecule has 8 heteroatoms. The van der Waals surface area contributed by atoms with E-state index in [4.69, 9.17) is 4.42 Å². The summed E-state index contributed by atoms with van der Waals surface area (Å²) in [6, 6.07) is 7.67. The SMILES string of the molecule is O=C(NCc1ccco1)c1csc(-c2ccc(N3CCSCC3)nc2)n1. The van der Waals surface area contributed by atoms with E-state index in [0.29, 0.717) is 18.0 Å². The molecule has 1 aliphatic rings. The van der Waals surface area contributed by atoms with Gasteiger partial charge < -0.3 is 14.6 Å². The standard InChI is InChI=1S/C18H18N4O2S2/c23-17(20-11-14-2-1-7-24-14)15-12-26-18(21-15)13-3-4-16(19-10-13)22-5-8-25-9-6-22/h1-4,7,10,12H,5-6,8-9,11H2,(H,20,23). The first-order valence-corrected chi connectivity index (χ1v) is 10.4. The molecule has 6 nitrogen and oxygen atoms in total.